The van der Waals surface area contributed by atoms with Crippen molar-refractivity contribution in [3.8, 4) is 5.75 Å². The summed E-state index contributed by atoms with van der Waals surface area (Å²) in [5.74, 6) is 0.924. The maximum Gasteiger partial charge on any atom is 0.237 e. The molecule has 1 aromatic rings. The van der Waals surface area contributed by atoms with E-state index < -0.39 is 0 Å². The molecule has 6 heteroatoms. The number of carbonyl (C=O) groups excluding carboxylic acids is 1. The van der Waals surface area contributed by atoms with Crippen LogP contribution in [0.1, 0.15) is 25.3 Å². The molecule has 2 N–H and O–H groups in total. The first-order valence-corrected chi connectivity index (χ1v) is 7.51. The fraction of sp³-hybridized carbons (Fsp3) is 0.533. The van der Waals surface area contributed by atoms with Crippen LogP contribution in [0.15, 0.2) is 18.2 Å². The zero-order valence-corrected chi connectivity index (χ0v) is 13.7. The molecule has 1 amide bonds. The van der Waals surface area contributed by atoms with E-state index in [9.17, 15) is 4.79 Å². The standard InChI is InChI=1S/C15H21ClN2O2.ClH/c1-2-20-14-6-5-12(16)10-11(14)7-9-18-15(19)13-4-3-8-17-13;/h5-6,10,13,17H,2-4,7-9H2,1H3,(H,18,19);1H. The summed E-state index contributed by atoms with van der Waals surface area (Å²) in [6.45, 7) is 4.09. The van der Waals surface area contributed by atoms with Gasteiger partial charge in [0.2, 0.25) is 5.91 Å². The van der Waals surface area contributed by atoms with Crippen LogP contribution in [0.5, 0.6) is 5.75 Å². The van der Waals surface area contributed by atoms with Gasteiger partial charge in [0.15, 0.2) is 0 Å². The average Bonchev–Trinajstić information content (AvgIpc) is 2.96. The Hall–Kier alpha value is -0.970. The van der Waals surface area contributed by atoms with Gasteiger partial charge >= 0.3 is 0 Å². The molecule has 0 aliphatic carbocycles. The molecule has 1 fully saturated rings. The van der Waals surface area contributed by atoms with Crippen LogP contribution in [-0.2, 0) is 11.2 Å². The summed E-state index contributed by atoms with van der Waals surface area (Å²) >= 11 is 6.01. The van der Waals surface area contributed by atoms with Gasteiger partial charge in [0.05, 0.1) is 12.6 Å². The van der Waals surface area contributed by atoms with Crippen molar-refractivity contribution in [2.45, 2.75) is 32.2 Å². The molecule has 1 saturated heterocycles. The van der Waals surface area contributed by atoms with Gasteiger partial charge in [0.25, 0.3) is 0 Å². The maximum absolute atomic E-state index is 11.9. The van der Waals surface area contributed by atoms with Gasteiger partial charge in [-0.15, -0.1) is 12.4 Å². The number of ether oxygens (including phenoxy) is 1. The Labute approximate surface area is 137 Å². The largest absolute Gasteiger partial charge is 0.494 e. The van der Waals surface area contributed by atoms with E-state index in [1.807, 2.05) is 25.1 Å². The molecule has 0 bridgehead atoms. The molecule has 2 rings (SSSR count). The number of amides is 1. The number of carbonyl (C=O) groups is 1. The van der Waals surface area contributed by atoms with Crippen LogP contribution in [0.3, 0.4) is 0 Å². The first-order valence-electron chi connectivity index (χ1n) is 7.13. The normalized spacial score (nSPS) is 17.1. The van der Waals surface area contributed by atoms with Crippen molar-refractivity contribution in [2.24, 2.45) is 0 Å². The number of halogens is 2. The van der Waals surface area contributed by atoms with Gasteiger partial charge in [-0.2, -0.15) is 0 Å². The molecule has 21 heavy (non-hydrogen) atoms. The lowest BCUT2D eigenvalue weighted by Crippen LogP contribution is -2.41. The van der Waals surface area contributed by atoms with Crippen LogP contribution in [0.4, 0.5) is 0 Å². The third kappa shape index (κ3) is 5.38. The topological polar surface area (TPSA) is 50.4 Å². The highest BCUT2D eigenvalue weighted by Crippen LogP contribution is 2.23. The molecule has 1 aliphatic rings. The van der Waals surface area contributed by atoms with Crippen molar-refractivity contribution < 1.29 is 9.53 Å². The summed E-state index contributed by atoms with van der Waals surface area (Å²) in [6, 6.07) is 5.56. The van der Waals surface area contributed by atoms with Crippen molar-refractivity contribution in [2.75, 3.05) is 19.7 Å². The van der Waals surface area contributed by atoms with Gasteiger partial charge in [-0.05, 0) is 56.5 Å². The Kier molecular flexibility index (Phi) is 7.86. The van der Waals surface area contributed by atoms with Crippen molar-refractivity contribution >= 4 is 29.9 Å². The maximum atomic E-state index is 11.9. The zero-order chi connectivity index (χ0) is 14.4. The summed E-state index contributed by atoms with van der Waals surface area (Å²) in [4.78, 5) is 11.9. The van der Waals surface area contributed by atoms with Crippen molar-refractivity contribution in [1.82, 2.24) is 10.6 Å². The van der Waals surface area contributed by atoms with Crippen LogP contribution < -0.4 is 15.4 Å². The molecular weight excluding hydrogens is 311 g/mol. The van der Waals surface area contributed by atoms with E-state index >= 15 is 0 Å². The van der Waals surface area contributed by atoms with Gasteiger partial charge in [-0.1, -0.05) is 11.6 Å². The van der Waals surface area contributed by atoms with Gasteiger partial charge in [0.1, 0.15) is 5.75 Å². The van der Waals surface area contributed by atoms with E-state index in [4.69, 9.17) is 16.3 Å². The smallest absolute Gasteiger partial charge is 0.237 e. The van der Waals surface area contributed by atoms with Crippen LogP contribution in [0.25, 0.3) is 0 Å². The summed E-state index contributed by atoms with van der Waals surface area (Å²) in [5.41, 5.74) is 1.03. The first-order chi connectivity index (χ1) is 9.70. The highest BCUT2D eigenvalue weighted by Gasteiger charge is 2.21. The Morgan fingerprint density at radius 2 is 2.33 bits per heavy atom. The van der Waals surface area contributed by atoms with Crippen LogP contribution in [0, 0.1) is 0 Å². The Bertz CT molecular complexity index is 463. The van der Waals surface area contributed by atoms with E-state index in [-0.39, 0.29) is 24.4 Å². The summed E-state index contributed by atoms with van der Waals surface area (Å²) in [5, 5.41) is 6.84. The minimum atomic E-state index is -0.0271. The number of rotatable bonds is 6. The monoisotopic (exact) mass is 332 g/mol. The third-order valence-corrected chi connectivity index (χ3v) is 3.63. The number of benzene rings is 1. The first kappa shape index (κ1) is 18.1. The molecule has 1 atom stereocenters. The van der Waals surface area contributed by atoms with Gasteiger partial charge < -0.3 is 15.4 Å². The molecule has 118 valence electrons. The Morgan fingerprint density at radius 3 is 3.00 bits per heavy atom. The molecule has 0 aromatic heterocycles. The van der Waals surface area contributed by atoms with Crippen LogP contribution >= 0.6 is 24.0 Å². The molecule has 1 unspecified atom stereocenters. The van der Waals surface area contributed by atoms with E-state index in [2.05, 4.69) is 10.6 Å². The Balaban J connectivity index is 0.00000220. The molecule has 0 spiro atoms. The van der Waals surface area contributed by atoms with Crippen molar-refractivity contribution in [1.29, 1.82) is 0 Å². The fourth-order valence-electron chi connectivity index (χ4n) is 2.39. The highest BCUT2D eigenvalue weighted by atomic mass is 35.5. The second-order valence-corrected chi connectivity index (χ2v) is 5.31. The predicted octanol–water partition coefficient (Wildman–Crippen LogP) is 2.57. The van der Waals surface area contributed by atoms with Crippen molar-refractivity contribution in [3.63, 3.8) is 0 Å². The van der Waals surface area contributed by atoms with E-state index in [0.29, 0.717) is 24.6 Å². The molecule has 0 radical (unpaired) electrons. The highest BCUT2D eigenvalue weighted by molar-refractivity contribution is 6.30. The van der Waals surface area contributed by atoms with E-state index in [0.717, 1.165) is 30.7 Å². The third-order valence-electron chi connectivity index (χ3n) is 3.39. The number of hydrogen-bond donors (Lipinski definition) is 2. The predicted molar refractivity (Wildman–Crippen MR) is 87.6 cm³/mol. The molecule has 1 aliphatic heterocycles. The van der Waals surface area contributed by atoms with Crippen LogP contribution in [-0.4, -0.2) is 31.6 Å². The summed E-state index contributed by atoms with van der Waals surface area (Å²) < 4.78 is 5.57. The second-order valence-electron chi connectivity index (χ2n) is 4.88. The van der Waals surface area contributed by atoms with E-state index in [1.54, 1.807) is 0 Å². The number of nitrogens with one attached hydrogen (secondary N) is 2. The van der Waals surface area contributed by atoms with Crippen LogP contribution in [0.2, 0.25) is 5.02 Å². The lowest BCUT2D eigenvalue weighted by Gasteiger charge is -2.13. The molecule has 1 heterocycles. The minimum Gasteiger partial charge on any atom is -0.494 e. The molecule has 0 saturated carbocycles. The number of hydrogen-bond acceptors (Lipinski definition) is 3. The van der Waals surface area contributed by atoms with E-state index in [1.165, 1.54) is 0 Å². The summed E-state index contributed by atoms with van der Waals surface area (Å²) in [7, 11) is 0. The minimum absolute atomic E-state index is 0. The lowest BCUT2D eigenvalue weighted by atomic mass is 10.1. The zero-order valence-electron chi connectivity index (χ0n) is 12.2. The molecule has 4 nitrogen and oxygen atoms in total. The van der Waals surface area contributed by atoms with Gasteiger partial charge in [-0.3, -0.25) is 4.79 Å². The fourth-order valence-corrected chi connectivity index (χ4v) is 2.59. The summed E-state index contributed by atoms with van der Waals surface area (Å²) in [6.07, 6.45) is 2.71. The van der Waals surface area contributed by atoms with Gasteiger partial charge in [0, 0.05) is 11.6 Å². The van der Waals surface area contributed by atoms with Crippen molar-refractivity contribution in [3.05, 3.63) is 28.8 Å². The Morgan fingerprint density at radius 1 is 1.52 bits per heavy atom. The molecule has 1 aromatic carbocycles. The molecular formula is C15H22Cl2N2O2. The quantitative estimate of drug-likeness (QED) is 0.841. The lowest BCUT2D eigenvalue weighted by molar-refractivity contribution is -0.122. The second kappa shape index (κ2) is 9.13. The van der Waals surface area contributed by atoms with Gasteiger partial charge in [-0.25, -0.2) is 0 Å². The SMILES string of the molecule is CCOc1ccc(Cl)cc1CCNC(=O)C1CCCN1.Cl. The average molecular weight is 333 g/mol.